The zero-order valence-corrected chi connectivity index (χ0v) is 21.0. The van der Waals surface area contributed by atoms with E-state index in [9.17, 15) is 10.2 Å². The molecule has 2 aliphatic rings. The van der Waals surface area contributed by atoms with Crippen LogP contribution in [0.25, 0.3) is 22.3 Å². The van der Waals surface area contributed by atoms with Crippen molar-refractivity contribution in [3.63, 3.8) is 0 Å². The van der Waals surface area contributed by atoms with Crippen LogP contribution in [0.1, 0.15) is 33.6 Å². The summed E-state index contributed by atoms with van der Waals surface area (Å²) in [6.45, 7) is 0. The summed E-state index contributed by atoms with van der Waals surface area (Å²) in [6.07, 6.45) is 0.359. The van der Waals surface area contributed by atoms with Crippen LogP contribution in [-0.4, -0.2) is 15.2 Å². The Morgan fingerprint density at radius 1 is 0.513 bits per heavy atom. The molecule has 7 rings (SSSR count). The third-order valence-electron chi connectivity index (χ3n) is 7.56. The number of aliphatic hydroxyl groups is 2. The summed E-state index contributed by atoms with van der Waals surface area (Å²) < 4.78 is 0. The van der Waals surface area contributed by atoms with Crippen LogP contribution in [0.5, 0.6) is 0 Å². The van der Waals surface area contributed by atoms with Crippen LogP contribution in [0.2, 0.25) is 0 Å². The number of fused-ring (bicyclic) bond motifs is 6. The lowest BCUT2D eigenvalue weighted by atomic mass is 9.92. The molecule has 1 aromatic heterocycles. The van der Waals surface area contributed by atoms with Gasteiger partial charge in [0.2, 0.25) is 0 Å². The number of nitrogens with zero attached hydrogens (tertiary/aromatic N) is 1. The molecule has 0 aliphatic heterocycles. The second kappa shape index (κ2) is 8.83. The zero-order chi connectivity index (χ0) is 26.5. The molecule has 0 bridgehead atoms. The topological polar surface area (TPSA) is 53.4 Å². The number of hydrogen-bond acceptors (Lipinski definition) is 3. The lowest BCUT2D eigenvalue weighted by Gasteiger charge is -2.19. The lowest BCUT2D eigenvalue weighted by molar-refractivity contribution is 0.150. The van der Waals surface area contributed by atoms with E-state index in [0.717, 1.165) is 50.2 Å². The average Bonchev–Trinajstić information content (AvgIpc) is 3.39. The molecule has 4 aromatic carbocycles. The van der Waals surface area contributed by atoms with Crippen LogP contribution in [0.3, 0.4) is 0 Å². The van der Waals surface area contributed by atoms with Gasteiger partial charge in [-0.25, -0.2) is 4.98 Å². The molecular formula is C36H23NO2. The molecule has 2 aliphatic carbocycles. The van der Waals surface area contributed by atoms with Gasteiger partial charge in [-0.3, -0.25) is 0 Å². The summed E-state index contributed by atoms with van der Waals surface area (Å²) in [6, 6.07) is 37.0. The van der Waals surface area contributed by atoms with Crippen molar-refractivity contribution in [3.05, 3.63) is 149 Å². The first-order valence-corrected chi connectivity index (χ1v) is 12.9. The first kappa shape index (κ1) is 23.2. The second-order valence-corrected chi connectivity index (χ2v) is 9.85. The molecule has 3 heteroatoms. The summed E-state index contributed by atoms with van der Waals surface area (Å²) in [5.74, 6) is 12.5. The van der Waals surface area contributed by atoms with Gasteiger partial charge in [-0.05, 0) is 40.3 Å². The van der Waals surface area contributed by atoms with Gasteiger partial charge in [0, 0.05) is 22.3 Å². The van der Waals surface area contributed by atoms with Gasteiger partial charge in [0.25, 0.3) is 0 Å². The molecule has 0 amide bonds. The highest BCUT2D eigenvalue weighted by molar-refractivity contribution is 5.83. The maximum absolute atomic E-state index is 11.7. The molecule has 0 spiro atoms. The molecule has 1 heterocycles. The van der Waals surface area contributed by atoms with E-state index in [4.69, 9.17) is 0 Å². The van der Waals surface area contributed by atoms with E-state index < -0.39 is 11.2 Å². The number of rotatable bonds is 1. The molecule has 39 heavy (non-hydrogen) atoms. The normalized spacial score (nSPS) is 14.5. The second-order valence-electron chi connectivity index (χ2n) is 9.85. The first-order chi connectivity index (χ1) is 19.1. The van der Waals surface area contributed by atoms with E-state index in [-0.39, 0.29) is 0 Å². The highest BCUT2D eigenvalue weighted by Crippen LogP contribution is 2.48. The Labute approximate surface area is 227 Å². The van der Waals surface area contributed by atoms with Crippen LogP contribution in [0, 0.1) is 23.7 Å². The predicted octanol–water partition coefficient (Wildman–Crippen LogP) is 5.81. The summed E-state index contributed by atoms with van der Waals surface area (Å²) in [7, 11) is 0. The summed E-state index contributed by atoms with van der Waals surface area (Å²) in [4.78, 5) is 4.68. The van der Waals surface area contributed by atoms with Gasteiger partial charge in [-0.15, -0.1) is 0 Å². The fourth-order valence-corrected chi connectivity index (χ4v) is 5.76. The van der Waals surface area contributed by atoms with Crippen LogP contribution >= 0.6 is 0 Å². The molecule has 0 saturated heterocycles. The van der Waals surface area contributed by atoms with Crippen LogP contribution < -0.4 is 0 Å². The number of benzene rings is 4. The number of hydrogen-bond donors (Lipinski definition) is 2. The van der Waals surface area contributed by atoms with Crippen molar-refractivity contribution in [2.75, 3.05) is 0 Å². The smallest absolute Gasteiger partial charge is 0.178 e. The molecule has 3 nitrogen and oxygen atoms in total. The van der Waals surface area contributed by atoms with Crippen molar-refractivity contribution in [2.24, 2.45) is 0 Å². The Balaban J connectivity index is 1.19. The minimum absolute atomic E-state index is 0.359. The highest BCUT2D eigenvalue weighted by Gasteiger charge is 2.41. The molecule has 5 aromatic rings. The van der Waals surface area contributed by atoms with Gasteiger partial charge in [-0.2, -0.15) is 0 Å². The van der Waals surface area contributed by atoms with E-state index in [1.54, 1.807) is 0 Å². The van der Waals surface area contributed by atoms with E-state index in [2.05, 4.69) is 28.7 Å². The van der Waals surface area contributed by atoms with Gasteiger partial charge >= 0.3 is 0 Å². The molecule has 0 radical (unpaired) electrons. The third kappa shape index (κ3) is 3.61. The maximum Gasteiger partial charge on any atom is 0.178 e. The Kier molecular flexibility index (Phi) is 5.25. The summed E-state index contributed by atoms with van der Waals surface area (Å²) in [5.41, 5.74) is 5.71. The molecule has 0 atom stereocenters. The van der Waals surface area contributed by atoms with Crippen LogP contribution in [0.4, 0.5) is 0 Å². The van der Waals surface area contributed by atoms with E-state index >= 15 is 0 Å². The Morgan fingerprint density at radius 2 is 0.949 bits per heavy atom. The van der Waals surface area contributed by atoms with Gasteiger partial charge in [-0.1, -0.05) is 121 Å². The predicted molar refractivity (Wildman–Crippen MR) is 152 cm³/mol. The molecule has 0 saturated carbocycles. The van der Waals surface area contributed by atoms with Crippen LogP contribution in [-0.2, 0) is 17.6 Å². The molecule has 2 N–H and O–H groups in total. The van der Waals surface area contributed by atoms with Crippen molar-refractivity contribution in [1.82, 2.24) is 4.98 Å². The quantitative estimate of drug-likeness (QED) is 0.285. The summed E-state index contributed by atoms with van der Waals surface area (Å²) in [5, 5.41) is 23.4. The minimum atomic E-state index is -1.41. The minimum Gasteiger partial charge on any atom is -0.369 e. The van der Waals surface area contributed by atoms with Crippen molar-refractivity contribution < 1.29 is 10.2 Å². The SMILES string of the molecule is OC1(C#CCc2cccc(C#CC3(O)c4ccccc4-c4ccccc43)n2)c2ccccc2-c2ccccc21. The molecule has 0 unspecified atom stereocenters. The molecular weight excluding hydrogens is 478 g/mol. The zero-order valence-electron chi connectivity index (χ0n) is 21.0. The summed E-state index contributed by atoms with van der Waals surface area (Å²) >= 11 is 0. The fourth-order valence-electron chi connectivity index (χ4n) is 5.76. The standard InChI is InChI=1S/C36H23NO2/c38-35(31-18-5-1-14-27(31)28-15-2-6-19-32(28)35)23-10-13-25-11-9-12-26(37-25)22-24-36(39)33-20-7-3-16-29(33)30-17-4-8-21-34(30)36/h1-9,11-12,14-21,38-39H,13H2. The first-order valence-electron chi connectivity index (χ1n) is 12.9. The van der Waals surface area contributed by atoms with Crippen molar-refractivity contribution in [1.29, 1.82) is 0 Å². The van der Waals surface area contributed by atoms with E-state index in [1.807, 2.05) is 115 Å². The van der Waals surface area contributed by atoms with Crippen molar-refractivity contribution in [2.45, 2.75) is 17.6 Å². The van der Waals surface area contributed by atoms with Gasteiger partial charge < -0.3 is 10.2 Å². The molecule has 184 valence electrons. The molecule has 0 fully saturated rings. The van der Waals surface area contributed by atoms with Gasteiger partial charge in [0.05, 0.1) is 12.1 Å². The monoisotopic (exact) mass is 501 g/mol. The largest absolute Gasteiger partial charge is 0.369 e. The van der Waals surface area contributed by atoms with Gasteiger partial charge in [0.15, 0.2) is 11.2 Å². The van der Waals surface area contributed by atoms with Crippen LogP contribution in [0.15, 0.2) is 115 Å². The average molecular weight is 502 g/mol. The Morgan fingerprint density at radius 3 is 1.44 bits per heavy atom. The van der Waals surface area contributed by atoms with Crippen molar-refractivity contribution >= 4 is 0 Å². The maximum atomic E-state index is 11.7. The Bertz CT molecular complexity index is 1810. The van der Waals surface area contributed by atoms with E-state index in [0.29, 0.717) is 12.1 Å². The number of pyridine rings is 1. The number of aromatic nitrogens is 1. The highest BCUT2D eigenvalue weighted by atomic mass is 16.3. The van der Waals surface area contributed by atoms with E-state index in [1.165, 1.54) is 0 Å². The third-order valence-corrected chi connectivity index (χ3v) is 7.56. The Hall–Kier alpha value is -4.93. The fraction of sp³-hybridized carbons (Fsp3) is 0.0833. The van der Waals surface area contributed by atoms with Gasteiger partial charge in [0.1, 0.15) is 5.69 Å². The van der Waals surface area contributed by atoms with Crippen molar-refractivity contribution in [3.8, 4) is 45.9 Å². The lowest BCUT2D eigenvalue weighted by Crippen LogP contribution is -2.22.